The van der Waals surface area contributed by atoms with Crippen LogP contribution >= 0.6 is 11.8 Å². The van der Waals surface area contributed by atoms with E-state index in [1.165, 1.54) is 36.0 Å². The summed E-state index contributed by atoms with van der Waals surface area (Å²) in [6, 6.07) is 8.37. The first-order valence-electron chi connectivity index (χ1n) is 32.0. The molecule has 7 aliphatic rings. The molecule has 38 heteroatoms. The summed E-state index contributed by atoms with van der Waals surface area (Å²) in [5.74, 6) is -8.90. The van der Waals surface area contributed by atoms with Crippen LogP contribution in [0.25, 0.3) is 0 Å². The summed E-state index contributed by atoms with van der Waals surface area (Å²) in [7, 11) is 0. The van der Waals surface area contributed by atoms with E-state index in [-0.39, 0.29) is 30.4 Å². The van der Waals surface area contributed by atoms with Crippen LogP contribution in [-0.4, -0.2) is 312 Å². The third-order valence-corrected chi connectivity index (χ3v) is 19.1. The minimum Gasteiger partial charge on any atom is -0.462 e. The number of nitrogens with zero attached hydrogens (tertiary/aromatic N) is 3. The summed E-state index contributed by atoms with van der Waals surface area (Å²) in [5.41, 5.74) is 13.6. The number of carbonyl (C=O) groups excluding carboxylic acids is 6. The lowest BCUT2D eigenvalue weighted by atomic mass is 9.92. The number of thioether (sulfide) groups is 1. The molecule has 23 N–H and O–H groups in total. The van der Waals surface area contributed by atoms with Crippen molar-refractivity contribution >= 4 is 59.1 Å². The molecule has 548 valence electrons. The number of nitrogens with one attached hydrogen (secondary N) is 7. The Bertz CT molecular complexity index is 3390. The first-order chi connectivity index (χ1) is 47.8. The molecule has 7 aliphatic heterocycles. The highest BCUT2D eigenvalue weighted by Crippen LogP contribution is 2.37. The molecule has 0 radical (unpaired) electrons. The number of aliphatic hydroxyl groups excluding tert-OH is 12. The predicted octanol–water partition coefficient (Wildman–Crippen LogP) is -10.1. The van der Waals surface area contributed by atoms with Gasteiger partial charge in [-0.05, 0) is 41.6 Å². The Labute approximate surface area is 574 Å². The van der Waals surface area contributed by atoms with E-state index in [2.05, 4.69) is 47.2 Å². The van der Waals surface area contributed by atoms with Crippen molar-refractivity contribution in [1.29, 1.82) is 0 Å². The third-order valence-electron chi connectivity index (χ3n) is 18.4. The molecular formula is C62H84N12O25S. The third kappa shape index (κ3) is 16.7. The highest BCUT2D eigenvalue weighted by molar-refractivity contribution is 7.98. The number of amides is 6. The maximum absolute atomic E-state index is 15.2. The summed E-state index contributed by atoms with van der Waals surface area (Å²) in [6.07, 6.45) is -28.7. The fourth-order valence-corrected chi connectivity index (χ4v) is 13.0. The van der Waals surface area contributed by atoms with Crippen molar-refractivity contribution in [2.45, 2.75) is 177 Å². The minimum atomic E-state index is -2.34. The fourth-order valence-electron chi connectivity index (χ4n) is 12.6. The van der Waals surface area contributed by atoms with Crippen LogP contribution in [-0.2, 0) is 63.6 Å². The van der Waals surface area contributed by atoms with Gasteiger partial charge < -0.3 is 148 Å². The number of hydrogen-bond acceptors (Lipinski definition) is 32. The number of aliphatic imine (C=N–C) groups is 2. The Morgan fingerprint density at radius 1 is 0.620 bits per heavy atom. The van der Waals surface area contributed by atoms with E-state index in [9.17, 15) is 80.5 Å². The second-order valence-corrected chi connectivity index (χ2v) is 25.8. The molecule has 3 aromatic rings. The summed E-state index contributed by atoms with van der Waals surface area (Å²) in [5, 5.41) is 151. The van der Waals surface area contributed by atoms with Gasteiger partial charge in [0.25, 0.3) is 0 Å². The summed E-state index contributed by atoms with van der Waals surface area (Å²) in [6.45, 7) is -3.19. The molecule has 0 aromatic heterocycles. The number of guanidine groups is 2. The molecule has 100 heavy (non-hydrogen) atoms. The maximum Gasteiger partial charge on any atom is 0.246 e. The predicted molar refractivity (Wildman–Crippen MR) is 342 cm³/mol. The number of aliphatic hydroxyl groups is 12. The van der Waals surface area contributed by atoms with E-state index in [1.54, 1.807) is 49.4 Å². The van der Waals surface area contributed by atoms with E-state index in [0.717, 1.165) is 9.80 Å². The van der Waals surface area contributed by atoms with Crippen molar-refractivity contribution in [1.82, 2.24) is 42.1 Å². The normalized spacial score (nSPS) is 36.6. The molecule has 5 saturated heterocycles. The highest BCUT2D eigenvalue weighted by Gasteiger charge is 2.55. The molecule has 0 saturated carbocycles. The van der Waals surface area contributed by atoms with Crippen molar-refractivity contribution in [3.63, 3.8) is 0 Å². The Kier molecular flexibility index (Phi) is 24.8. The van der Waals surface area contributed by atoms with Gasteiger partial charge in [0.15, 0.2) is 30.7 Å². The zero-order valence-corrected chi connectivity index (χ0v) is 54.6. The van der Waals surface area contributed by atoms with Gasteiger partial charge in [-0.15, -0.1) is 11.8 Å². The van der Waals surface area contributed by atoms with Crippen LogP contribution in [0.4, 0.5) is 0 Å². The van der Waals surface area contributed by atoms with Gasteiger partial charge in [0.2, 0.25) is 41.7 Å². The van der Waals surface area contributed by atoms with Crippen molar-refractivity contribution in [3.8, 4) is 5.75 Å². The molecule has 0 aliphatic carbocycles. The lowest BCUT2D eigenvalue weighted by molar-refractivity contribution is -0.383. The Morgan fingerprint density at radius 2 is 1.27 bits per heavy atom. The van der Waals surface area contributed by atoms with Crippen LogP contribution in [0.2, 0.25) is 0 Å². The minimum absolute atomic E-state index is 0.0449. The van der Waals surface area contributed by atoms with Crippen LogP contribution in [0, 0.1) is 0 Å². The lowest BCUT2D eigenvalue weighted by Crippen LogP contribution is -2.70. The summed E-state index contributed by atoms with van der Waals surface area (Å²) < 4.78 is 41.4. The van der Waals surface area contributed by atoms with Gasteiger partial charge in [-0.25, -0.2) is 0 Å². The van der Waals surface area contributed by atoms with E-state index in [0.29, 0.717) is 11.1 Å². The van der Waals surface area contributed by atoms with Gasteiger partial charge >= 0.3 is 0 Å². The number of carbonyl (C=O) groups is 6. The Hall–Kier alpha value is -7.55. The first kappa shape index (κ1) is 75.1. The van der Waals surface area contributed by atoms with E-state index in [1.807, 2.05) is 18.4 Å². The van der Waals surface area contributed by atoms with Crippen LogP contribution < -0.4 is 53.4 Å². The Morgan fingerprint density at radius 3 is 1.93 bits per heavy atom. The average Bonchev–Trinajstić information content (AvgIpc) is 1.45. The van der Waals surface area contributed by atoms with E-state index >= 15 is 9.59 Å². The van der Waals surface area contributed by atoms with Crippen molar-refractivity contribution in [3.05, 3.63) is 95.6 Å². The van der Waals surface area contributed by atoms with Gasteiger partial charge in [-0.1, -0.05) is 61.5 Å². The average molecular weight is 1430 g/mol. The summed E-state index contributed by atoms with van der Waals surface area (Å²) in [4.78, 5) is 97.6. The quantitative estimate of drug-likeness (QED) is 0.0526. The number of rotatable bonds is 18. The second kappa shape index (κ2) is 33.1. The molecule has 26 unspecified atom stereocenters. The van der Waals surface area contributed by atoms with Gasteiger partial charge in [-0.3, -0.25) is 38.8 Å². The first-order valence-corrected chi connectivity index (χ1v) is 33.3. The molecule has 0 spiro atoms. The van der Waals surface area contributed by atoms with Crippen molar-refractivity contribution < 1.29 is 123 Å². The summed E-state index contributed by atoms with van der Waals surface area (Å²) >= 11 is 1.54. The zero-order chi connectivity index (χ0) is 72.0. The van der Waals surface area contributed by atoms with E-state index < -0.39 is 239 Å². The molecule has 10 rings (SSSR count). The van der Waals surface area contributed by atoms with Gasteiger partial charge in [0.05, 0.1) is 58.1 Å². The number of hydrogen-bond donors (Lipinski definition) is 21. The second-order valence-electron chi connectivity index (χ2n) is 24.9. The maximum atomic E-state index is 15.2. The number of ether oxygens (including phenoxy) is 7. The molecule has 37 nitrogen and oxygen atoms in total. The number of benzene rings is 3. The molecule has 7 heterocycles. The topological polar surface area (TPSA) is 574 Å². The van der Waals surface area contributed by atoms with Gasteiger partial charge in [0.1, 0.15) is 121 Å². The smallest absolute Gasteiger partial charge is 0.246 e. The van der Waals surface area contributed by atoms with E-state index in [4.69, 9.17) is 44.6 Å². The van der Waals surface area contributed by atoms with Crippen molar-refractivity contribution in [2.24, 2.45) is 21.5 Å². The number of nitrogens with two attached hydrogens (primary N) is 2. The fraction of sp³-hybridized carbons (Fsp3) is 0.581. The van der Waals surface area contributed by atoms with Gasteiger partial charge in [0, 0.05) is 22.8 Å². The van der Waals surface area contributed by atoms with Crippen LogP contribution in [0.3, 0.4) is 0 Å². The lowest BCUT2D eigenvalue weighted by Gasteiger charge is -2.48. The zero-order valence-electron chi connectivity index (χ0n) is 53.8. The molecular weight excluding hydrogens is 1340 g/mol. The Balaban J connectivity index is 0.902. The number of fused-ring (bicyclic) bond motifs is 1. The largest absolute Gasteiger partial charge is 0.462 e. The molecule has 3 aromatic carbocycles. The molecule has 6 amide bonds. The van der Waals surface area contributed by atoms with Gasteiger partial charge in [-0.2, -0.15) is 0 Å². The van der Waals surface area contributed by atoms with Crippen LogP contribution in [0.5, 0.6) is 5.75 Å². The molecule has 0 bridgehead atoms. The molecule has 5 fully saturated rings. The SMILES string of the molecule is CSc1ccc(C2OCC3OC(OC4C(CO)OC(Oc5ccc(CC6NC(=O)C(C(C)c7ccccc7)NC(=O)CNC(=O)C(CO)NC(=O)C(C(O)C7CN=C(N)N7C7OC(CO)C(O)C(O)C7O)NC(=O)C(C(O)C7CN=C(N)N7)NC6=O)cc5)C(O)C4O)C(O)C(O)C3O2)cc1. The van der Waals surface area contributed by atoms with Crippen LogP contribution in [0.15, 0.2) is 93.7 Å². The standard InChI is InChI=1S/C62H84N12O25S/c1-24(26-6-4-3-5-7-26)38-54(90)68-30(16-25-8-12-28(13-9-25)94-59-48(86)45(83)50(35(22-77)96-59)99-60-49(87)46(84)51-36(97-60)23-93-58(98-51)27-10-14-29(100-2)15-11-27)53(89)72-39(41(79)31-17-66-61(63)70-31)56(92)73-40(55(91)69-32(20-75)52(88)65-19-37(78)71-38)42(80)33-18-67-62(64)74(33)57-47(85)44(82)43(81)34(21-76)95-57/h3-15,24,30-36,38-51,57-60,75-77,79-87H,16-23H2,1-2H3,(H2,64,67)(H,65,88)(H,68,90)(H,69,91)(H,71,78)(H,72,89)(H,73,92)(H3,63,66,70). The molecule has 26 atom stereocenters. The monoisotopic (exact) mass is 1430 g/mol. The van der Waals surface area contributed by atoms with Crippen LogP contribution in [0.1, 0.15) is 35.8 Å². The van der Waals surface area contributed by atoms with Crippen molar-refractivity contribution in [2.75, 3.05) is 52.3 Å². The highest BCUT2D eigenvalue weighted by atomic mass is 32.2.